The summed E-state index contributed by atoms with van der Waals surface area (Å²) in [5, 5.41) is 9.62. The highest BCUT2D eigenvalue weighted by Gasteiger charge is 2.31. The molecule has 2 atom stereocenters. The Morgan fingerprint density at radius 1 is 0.518 bits per heavy atom. The molecule has 0 aliphatic heterocycles. The van der Waals surface area contributed by atoms with Crippen LogP contribution in [0.25, 0.3) is 0 Å². The van der Waals surface area contributed by atoms with Crippen molar-refractivity contribution in [3.05, 3.63) is 24.3 Å². The van der Waals surface area contributed by atoms with Gasteiger partial charge in [0, 0.05) is 19.3 Å². The number of unbranched alkanes of at least 4 members (excludes halogenated alkanes) is 24. The Hall–Kier alpha value is -2.19. The van der Waals surface area contributed by atoms with Gasteiger partial charge in [0.1, 0.15) is 6.61 Å². The Kier molecular flexibility index (Phi) is 38.1. The summed E-state index contributed by atoms with van der Waals surface area (Å²) in [6, 6.07) is -0.615. The van der Waals surface area contributed by atoms with Gasteiger partial charge in [-0.25, -0.2) is 4.79 Å². The van der Waals surface area contributed by atoms with E-state index in [1.54, 1.807) is 0 Å². The topological polar surface area (TPSA) is 99.1 Å². The van der Waals surface area contributed by atoms with Crippen LogP contribution in [0.3, 0.4) is 0 Å². The van der Waals surface area contributed by atoms with Crippen molar-refractivity contribution >= 4 is 17.9 Å². The lowest BCUT2D eigenvalue weighted by molar-refractivity contribution is -0.887. The zero-order valence-electron chi connectivity index (χ0n) is 37.3. The molecule has 0 fully saturated rings. The fraction of sp³-hybridized carbons (Fsp3) is 0.854. The van der Waals surface area contributed by atoms with Gasteiger partial charge >= 0.3 is 17.9 Å². The van der Waals surface area contributed by atoms with Gasteiger partial charge in [-0.15, -0.1) is 0 Å². The number of carboxylic acids is 1. The van der Waals surface area contributed by atoms with Crippen molar-refractivity contribution < 1.29 is 38.2 Å². The van der Waals surface area contributed by atoms with Crippen molar-refractivity contribution in [1.29, 1.82) is 0 Å². The van der Waals surface area contributed by atoms with Crippen LogP contribution in [-0.4, -0.2) is 80.6 Å². The first-order chi connectivity index (χ1) is 27.1. The number of aliphatic carboxylic acids is 1. The van der Waals surface area contributed by atoms with Gasteiger partial charge in [0.25, 0.3) is 0 Å². The number of quaternary nitrogens is 1. The predicted octanol–water partition coefficient (Wildman–Crippen LogP) is 12.9. The molecule has 0 aromatic rings. The molecule has 56 heavy (non-hydrogen) atoms. The summed E-state index contributed by atoms with van der Waals surface area (Å²) < 4.78 is 17.3. The third kappa shape index (κ3) is 37.4. The number of hydrogen-bond acceptors (Lipinski definition) is 6. The average Bonchev–Trinajstić information content (AvgIpc) is 3.15. The number of esters is 2. The number of nitrogens with zero attached hydrogens (tertiary/aromatic N) is 1. The fourth-order valence-electron chi connectivity index (χ4n) is 6.90. The summed E-state index contributed by atoms with van der Waals surface area (Å²) in [4.78, 5) is 37.0. The largest absolute Gasteiger partial charge is 0.477 e. The number of ether oxygens (including phenoxy) is 3. The Labute approximate surface area is 345 Å². The number of carbonyl (C=O) groups excluding carboxylic acids is 2. The summed E-state index contributed by atoms with van der Waals surface area (Å²) in [5.74, 6) is -1.48. The number of carbonyl (C=O) groups is 3. The zero-order chi connectivity index (χ0) is 41.4. The second-order valence-electron chi connectivity index (χ2n) is 17.0. The zero-order valence-corrected chi connectivity index (χ0v) is 37.3. The number of allylic oxidation sites excluding steroid dienone is 4. The molecule has 0 saturated heterocycles. The van der Waals surface area contributed by atoms with E-state index >= 15 is 0 Å². The highest BCUT2D eigenvalue weighted by atomic mass is 16.6. The monoisotopic (exact) mass is 793 g/mol. The summed E-state index contributed by atoms with van der Waals surface area (Å²) in [6.07, 6.45) is 43.6. The maximum absolute atomic E-state index is 12.7. The van der Waals surface area contributed by atoms with E-state index in [2.05, 4.69) is 38.2 Å². The van der Waals surface area contributed by atoms with Crippen molar-refractivity contribution in [1.82, 2.24) is 0 Å². The first-order valence-electron chi connectivity index (χ1n) is 23.4. The molecule has 0 aromatic heterocycles. The lowest BCUT2D eigenvalue weighted by Crippen LogP contribution is -2.50. The van der Waals surface area contributed by atoms with E-state index in [0.717, 1.165) is 51.4 Å². The molecule has 328 valence electrons. The molecule has 1 N–H and O–H groups in total. The van der Waals surface area contributed by atoms with Gasteiger partial charge in [-0.1, -0.05) is 154 Å². The quantitative estimate of drug-likeness (QED) is 0.0284. The van der Waals surface area contributed by atoms with Crippen LogP contribution in [-0.2, 0) is 28.6 Å². The molecule has 0 aliphatic rings. The minimum absolute atomic E-state index is 0.0575. The molecule has 2 unspecified atom stereocenters. The van der Waals surface area contributed by atoms with Crippen LogP contribution < -0.4 is 0 Å². The van der Waals surface area contributed by atoms with Crippen molar-refractivity contribution in [2.45, 2.75) is 225 Å². The fourth-order valence-corrected chi connectivity index (χ4v) is 6.90. The van der Waals surface area contributed by atoms with Gasteiger partial charge in [-0.2, -0.15) is 0 Å². The van der Waals surface area contributed by atoms with Crippen LogP contribution >= 0.6 is 0 Å². The molecule has 0 aromatic carbocycles. The Morgan fingerprint density at radius 3 is 1.30 bits per heavy atom. The first-order valence-corrected chi connectivity index (χ1v) is 23.4. The minimum Gasteiger partial charge on any atom is -0.477 e. The second-order valence-corrected chi connectivity index (χ2v) is 17.0. The minimum atomic E-state index is -0.876. The highest BCUT2D eigenvalue weighted by molar-refractivity contribution is 5.72. The Bertz CT molecular complexity index is 973. The maximum Gasteiger partial charge on any atom is 0.362 e. The smallest absolute Gasteiger partial charge is 0.362 e. The average molecular weight is 793 g/mol. The van der Waals surface area contributed by atoms with Crippen LogP contribution in [0.15, 0.2) is 24.3 Å². The molecule has 0 saturated carbocycles. The number of likely N-dealkylation sites (N-methyl/N-ethyl adjacent to an activating group) is 1. The second kappa shape index (κ2) is 39.6. The number of carboxylic acid groups (broad SMARTS) is 1. The summed E-state index contributed by atoms with van der Waals surface area (Å²) in [7, 11) is 5.53. The normalized spacial score (nSPS) is 13.1. The SMILES string of the molecule is CCCCCCCC/C=C/CCCCCC(=O)OCC(COCCC(C(=O)O)[N+](C)(C)C)OC(=O)CCCCCCCCC/C=C/CCCCCCCCCC. The van der Waals surface area contributed by atoms with Gasteiger partial charge in [0.2, 0.25) is 0 Å². The van der Waals surface area contributed by atoms with Crippen LogP contribution in [0.2, 0.25) is 0 Å². The van der Waals surface area contributed by atoms with Gasteiger partial charge in [0.05, 0.1) is 34.4 Å². The van der Waals surface area contributed by atoms with Crippen molar-refractivity contribution in [3.8, 4) is 0 Å². The van der Waals surface area contributed by atoms with E-state index in [0.29, 0.717) is 19.3 Å². The molecule has 0 heterocycles. The number of rotatable bonds is 42. The van der Waals surface area contributed by atoms with Crippen molar-refractivity contribution in [3.63, 3.8) is 0 Å². The van der Waals surface area contributed by atoms with E-state index in [1.165, 1.54) is 128 Å². The van der Waals surface area contributed by atoms with E-state index in [9.17, 15) is 19.5 Å². The van der Waals surface area contributed by atoms with E-state index in [4.69, 9.17) is 14.2 Å². The highest BCUT2D eigenvalue weighted by Crippen LogP contribution is 2.14. The predicted molar refractivity (Wildman–Crippen MR) is 234 cm³/mol. The van der Waals surface area contributed by atoms with Crippen LogP contribution in [0, 0.1) is 0 Å². The number of hydrogen-bond donors (Lipinski definition) is 1. The molecule has 0 spiro atoms. The lowest BCUT2D eigenvalue weighted by atomic mass is 10.1. The van der Waals surface area contributed by atoms with Crippen molar-refractivity contribution in [2.24, 2.45) is 0 Å². The summed E-state index contributed by atoms with van der Waals surface area (Å²) >= 11 is 0. The van der Waals surface area contributed by atoms with E-state index < -0.39 is 18.1 Å². The molecule has 0 amide bonds. The van der Waals surface area contributed by atoms with Gasteiger partial charge in [-0.3, -0.25) is 9.59 Å². The third-order valence-corrected chi connectivity index (χ3v) is 10.6. The van der Waals surface area contributed by atoms with Crippen molar-refractivity contribution in [2.75, 3.05) is 41.0 Å². The molecule has 8 heteroatoms. The summed E-state index contributed by atoms with van der Waals surface area (Å²) in [5.41, 5.74) is 0. The summed E-state index contributed by atoms with van der Waals surface area (Å²) in [6.45, 7) is 4.72. The van der Waals surface area contributed by atoms with Gasteiger partial charge in [-0.05, 0) is 64.2 Å². The first kappa shape index (κ1) is 53.8. The van der Waals surface area contributed by atoms with Crippen LogP contribution in [0.1, 0.15) is 213 Å². The van der Waals surface area contributed by atoms with Crippen LogP contribution in [0.4, 0.5) is 0 Å². The molecular weight excluding hydrogens is 703 g/mol. The lowest BCUT2D eigenvalue weighted by Gasteiger charge is -2.31. The van der Waals surface area contributed by atoms with Gasteiger partial charge < -0.3 is 23.8 Å². The third-order valence-electron chi connectivity index (χ3n) is 10.6. The molecular formula is C48H90NO7+. The van der Waals surface area contributed by atoms with Crippen LogP contribution in [0.5, 0.6) is 0 Å². The standard InChI is InChI=1S/C48H89NO7/c1-6-8-10-12-14-16-18-20-21-22-23-24-25-27-29-31-33-35-37-39-47(51)56-44(42-54-41-40-45(48(52)53)49(3,4)5)43-55-46(50)38-36-34-32-30-28-26-19-17-15-13-11-9-7-2/h22-23,26,28,44-45H,6-21,24-25,27,29-43H2,1-5H3/p+1/b23-22+,28-26+. The Balaban J connectivity index is 4.30. The molecule has 0 aliphatic carbocycles. The van der Waals surface area contributed by atoms with E-state index in [-0.39, 0.29) is 36.2 Å². The van der Waals surface area contributed by atoms with E-state index in [1.807, 2.05) is 21.1 Å². The van der Waals surface area contributed by atoms with Gasteiger partial charge in [0.15, 0.2) is 12.1 Å². The molecule has 0 bridgehead atoms. The molecule has 0 radical (unpaired) electrons. The maximum atomic E-state index is 12.7. The Morgan fingerprint density at radius 2 is 0.893 bits per heavy atom. The molecule has 0 rings (SSSR count). The molecule has 8 nitrogen and oxygen atoms in total.